The van der Waals surface area contributed by atoms with Crippen molar-refractivity contribution in [2.75, 3.05) is 13.2 Å². The van der Waals surface area contributed by atoms with E-state index in [4.69, 9.17) is 19.7 Å². The fraction of sp³-hybridized carbons (Fsp3) is 0.375. The third-order valence-electron chi connectivity index (χ3n) is 4.23. The fourth-order valence-corrected chi connectivity index (χ4v) is 3.20. The minimum absolute atomic E-state index is 0.244. The summed E-state index contributed by atoms with van der Waals surface area (Å²) < 4.78 is 16.4. The van der Waals surface area contributed by atoms with E-state index < -0.39 is 5.54 Å². The Bertz CT molecular complexity index is 761. The van der Waals surface area contributed by atoms with Crippen molar-refractivity contribution in [3.8, 4) is 16.9 Å². The van der Waals surface area contributed by atoms with Crippen LogP contribution in [0.2, 0.25) is 0 Å². The molecule has 0 fully saturated rings. The first kappa shape index (κ1) is 13.2. The highest BCUT2D eigenvalue weighted by Crippen LogP contribution is 2.37. The number of nitrogens with zero attached hydrogens (tertiary/aromatic N) is 2. The van der Waals surface area contributed by atoms with Gasteiger partial charge in [0, 0.05) is 12.0 Å². The summed E-state index contributed by atoms with van der Waals surface area (Å²) in [6.45, 7) is 4.82. The van der Waals surface area contributed by atoms with Crippen molar-refractivity contribution in [2.45, 2.75) is 25.8 Å². The van der Waals surface area contributed by atoms with Gasteiger partial charge < -0.3 is 19.7 Å². The van der Waals surface area contributed by atoms with Crippen molar-refractivity contribution in [1.82, 2.24) is 5.16 Å². The van der Waals surface area contributed by atoms with E-state index >= 15 is 0 Å². The average Bonchev–Trinajstić information content (AvgIpc) is 3.01. The van der Waals surface area contributed by atoms with Gasteiger partial charge in [0.15, 0.2) is 0 Å². The summed E-state index contributed by atoms with van der Waals surface area (Å²) in [4.78, 5) is 4.42. The monoisotopic (exact) mass is 299 g/mol. The summed E-state index contributed by atoms with van der Waals surface area (Å²) in [5.74, 6) is 1.71. The standard InChI is InChI=1S/C16H17N3O3/c1-9-14(10(2)22-19-9)11-3-4-13-12(5-11)6-16(7-20-13)8-21-15(17)18-16/h3-5H,6-8H2,1-2H3,(H2,17,18). The molecule has 6 heteroatoms. The summed E-state index contributed by atoms with van der Waals surface area (Å²) >= 11 is 0. The molecule has 2 aliphatic rings. The van der Waals surface area contributed by atoms with Crippen LogP contribution in [0.5, 0.6) is 5.75 Å². The van der Waals surface area contributed by atoms with Gasteiger partial charge in [0.2, 0.25) is 0 Å². The van der Waals surface area contributed by atoms with Gasteiger partial charge in [0.05, 0.1) is 5.69 Å². The van der Waals surface area contributed by atoms with E-state index in [0.29, 0.717) is 13.2 Å². The smallest absolute Gasteiger partial charge is 0.282 e. The van der Waals surface area contributed by atoms with Crippen LogP contribution >= 0.6 is 0 Å². The maximum Gasteiger partial charge on any atom is 0.282 e. The highest BCUT2D eigenvalue weighted by Gasteiger charge is 2.41. The zero-order valence-electron chi connectivity index (χ0n) is 12.5. The normalized spacial score (nSPS) is 22.9. The summed E-state index contributed by atoms with van der Waals surface area (Å²) in [7, 11) is 0. The number of hydrogen-bond acceptors (Lipinski definition) is 6. The van der Waals surface area contributed by atoms with Crippen LogP contribution in [0.4, 0.5) is 0 Å². The molecular formula is C16H17N3O3. The van der Waals surface area contributed by atoms with Gasteiger partial charge >= 0.3 is 0 Å². The molecule has 3 heterocycles. The molecule has 4 rings (SSSR count). The molecule has 0 saturated carbocycles. The Morgan fingerprint density at radius 3 is 2.68 bits per heavy atom. The van der Waals surface area contributed by atoms with Crippen LogP contribution in [0.15, 0.2) is 27.7 Å². The lowest BCUT2D eigenvalue weighted by Crippen LogP contribution is -2.41. The lowest BCUT2D eigenvalue weighted by atomic mass is 9.88. The molecule has 2 aliphatic heterocycles. The van der Waals surface area contributed by atoms with Crippen LogP contribution in [-0.4, -0.2) is 29.9 Å². The quantitative estimate of drug-likeness (QED) is 0.870. The Labute approximate surface area is 127 Å². The Morgan fingerprint density at radius 2 is 2.00 bits per heavy atom. The highest BCUT2D eigenvalue weighted by atomic mass is 16.5. The lowest BCUT2D eigenvalue weighted by Gasteiger charge is -2.30. The molecule has 114 valence electrons. The lowest BCUT2D eigenvalue weighted by molar-refractivity contribution is 0.153. The maximum atomic E-state index is 5.86. The van der Waals surface area contributed by atoms with Crippen molar-refractivity contribution >= 4 is 6.02 Å². The van der Waals surface area contributed by atoms with Gasteiger partial charge in [-0.05, 0) is 37.1 Å². The van der Waals surface area contributed by atoms with Gasteiger partial charge in [-0.1, -0.05) is 11.2 Å². The molecule has 0 radical (unpaired) electrons. The SMILES string of the molecule is Cc1noc(C)c1-c1ccc2c(c1)CC1(COC(N)=N1)CO2. The second-order valence-electron chi connectivity index (χ2n) is 5.95. The van der Waals surface area contributed by atoms with E-state index in [-0.39, 0.29) is 6.02 Å². The van der Waals surface area contributed by atoms with Crippen molar-refractivity contribution in [3.05, 3.63) is 35.2 Å². The van der Waals surface area contributed by atoms with Crippen LogP contribution in [0, 0.1) is 13.8 Å². The van der Waals surface area contributed by atoms with Crippen molar-refractivity contribution in [2.24, 2.45) is 10.7 Å². The van der Waals surface area contributed by atoms with Gasteiger partial charge in [-0.15, -0.1) is 0 Å². The van der Waals surface area contributed by atoms with Crippen LogP contribution in [-0.2, 0) is 11.2 Å². The van der Waals surface area contributed by atoms with Crippen molar-refractivity contribution in [1.29, 1.82) is 0 Å². The first-order valence-electron chi connectivity index (χ1n) is 7.23. The average molecular weight is 299 g/mol. The highest BCUT2D eigenvalue weighted by molar-refractivity contribution is 5.74. The number of amidine groups is 1. The van der Waals surface area contributed by atoms with E-state index in [1.54, 1.807) is 0 Å². The number of rotatable bonds is 1. The molecule has 1 aromatic heterocycles. The van der Waals surface area contributed by atoms with Crippen molar-refractivity contribution < 1.29 is 14.0 Å². The molecule has 6 nitrogen and oxygen atoms in total. The summed E-state index contributed by atoms with van der Waals surface area (Å²) in [5.41, 5.74) is 9.36. The summed E-state index contributed by atoms with van der Waals surface area (Å²) in [5, 5.41) is 4.02. The molecule has 1 spiro atoms. The molecule has 0 amide bonds. The van der Waals surface area contributed by atoms with Gasteiger partial charge in [-0.25, -0.2) is 4.99 Å². The maximum absolute atomic E-state index is 5.86. The predicted octanol–water partition coefficient (Wildman–Crippen LogP) is 1.98. The van der Waals surface area contributed by atoms with E-state index in [2.05, 4.69) is 16.2 Å². The third-order valence-corrected chi connectivity index (χ3v) is 4.23. The minimum Gasteiger partial charge on any atom is -0.491 e. The fourth-order valence-electron chi connectivity index (χ4n) is 3.20. The van der Waals surface area contributed by atoms with Crippen LogP contribution in [0.1, 0.15) is 17.0 Å². The Kier molecular flexibility index (Phi) is 2.69. The van der Waals surface area contributed by atoms with Crippen LogP contribution in [0.3, 0.4) is 0 Å². The molecule has 1 aromatic carbocycles. The van der Waals surface area contributed by atoms with Gasteiger partial charge in [-0.3, -0.25) is 0 Å². The van der Waals surface area contributed by atoms with Gasteiger partial charge in [0.25, 0.3) is 6.02 Å². The molecule has 0 bridgehead atoms. The Hall–Kier alpha value is -2.50. The topological polar surface area (TPSA) is 82.9 Å². The van der Waals surface area contributed by atoms with E-state index in [9.17, 15) is 0 Å². The first-order chi connectivity index (χ1) is 10.6. The number of benzene rings is 1. The molecular weight excluding hydrogens is 282 g/mol. The first-order valence-corrected chi connectivity index (χ1v) is 7.23. The third kappa shape index (κ3) is 1.94. The molecule has 1 atom stereocenters. The molecule has 2 aromatic rings. The summed E-state index contributed by atoms with van der Waals surface area (Å²) in [6, 6.07) is 6.39. The number of aliphatic imine (C=N–C) groups is 1. The van der Waals surface area contributed by atoms with E-state index in [1.807, 2.05) is 26.0 Å². The number of aryl methyl sites for hydroxylation is 2. The van der Waals surface area contributed by atoms with E-state index in [1.165, 1.54) is 0 Å². The predicted molar refractivity (Wildman–Crippen MR) is 80.9 cm³/mol. The van der Waals surface area contributed by atoms with Gasteiger partial charge in [-0.2, -0.15) is 0 Å². The van der Waals surface area contributed by atoms with Crippen LogP contribution < -0.4 is 10.5 Å². The number of fused-ring (bicyclic) bond motifs is 1. The second kappa shape index (κ2) is 4.50. The largest absolute Gasteiger partial charge is 0.491 e. The molecule has 2 N–H and O–H groups in total. The molecule has 0 aliphatic carbocycles. The molecule has 0 saturated heterocycles. The Balaban J connectivity index is 1.75. The zero-order chi connectivity index (χ0) is 15.3. The van der Waals surface area contributed by atoms with Crippen molar-refractivity contribution in [3.63, 3.8) is 0 Å². The zero-order valence-corrected chi connectivity index (χ0v) is 12.5. The molecule has 22 heavy (non-hydrogen) atoms. The molecule has 1 unspecified atom stereocenters. The number of hydrogen-bond donors (Lipinski definition) is 1. The second-order valence-corrected chi connectivity index (χ2v) is 5.95. The number of ether oxygens (including phenoxy) is 2. The Morgan fingerprint density at radius 1 is 1.18 bits per heavy atom. The summed E-state index contributed by atoms with van der Waals surface area (Å²) in [6.07, 6.45) is 0.750. The number of nitrogens with two attached hydrogens (primary N) is 1. The van der Waals surface area contributed by atoms with Gasteiger partial charge in [0.1, 0.15) is 30.3 Å². The number of aromatic nitrogens is 1. The van der Waals surface area contributed by atoms with E-state index in [0.717, 1.165) is 40.3 Å². The minimum atomic E-state index is -0.394. The van der Waals surface area contributed by atoms with Crippen LogP contribution in [0.25, 0.3) is 11.1 Å².